The van der Waals surface area contributed by atoms with Crippen LogP contribution in [0.2, 0.25) is 0 Å². The molecule has 2 aromatic rings. The van der Waals surface area contributed by atoms with E-state index in [9.17, 15) is 26.3 Å². The van der Waals surface area contributed by atoms with E-state index >= 15 is 0 Å². The van der Waals surface area contributed by atoms with E-state index in [2.05, 4.69) is 4.98 Å². The van der Waals surface area contributed by atoms with Crippen LogP contribution in [0.3, 0.4) is 0 Å². The zero-order valence-electron chi connectivity index (χ0n) is 10.3. The van der Waals surface area contributed by atoms with E-state index in [1.54, 1.807) is 0 Å². The highest BCUT2D eigenvalue weighted by atomic mass is 32.1. The minimum atomic E-state index is -4.56. The van der Waals surface area contributed by atoms with Crippen molar-refractivity contribution in [1.82, 2.24) is 9.55 Å². The molecule has 0 saturated heterocycles. The van der Waals surface area contributed by atoms with E-state index in [-0.39, 0.29) is 28.6 Å². The van der Waals surface area contributed by atoms with Gasteiger partial charge in [0.1, 0.15) is 5.54 Å². The van der Waals surface area contributed by atoms with Gasteiger partial charge in [-0.1, -0.05) is 0 Å². The van der Waals surface area contributed by atoms with Crippen molar-refractivity contribution in [3.8, 4) is 0 Å². The Hall–Kier alpha value is -1.51. The third-order valence-corrected chi connectivity index (χ3v) is 3.97. The van der Waals surface area contributed by atoms with Crippen molar-refractivity contribution >= 4 is 23.3 Å². The highest BCUT2D eigenvalue weighted by Crippen LogP contribution is 2.56. The minimum Gasteiger partial charge on any atom is -0.331 e. The van der Waals surface area contributed by atoms with Gasteiger partial charge in [-0.05, 0) is 43.3 Å². The first-order valence-corrected chi connectivity index (χ1v) is 6.36. The van der Waals surface area contributed by atoms with Crippen LogP contribution < -0.4 is 0 Å². The number of alkyl halides is 6. The Morgan fingerprint density at radius 2 is 1.71 bits per heavy atom. The number of hydrogen-bond acceptors (Lipinski definition) is 1. The molecule has 0 radical (unpaired) electrons. The summed E-state index contributed by atoms with van der Waals surface area (Å²) in [6.07, 6.45) is -9.31. The highest BCUT2D eigenvalue weighted by Gasteiger charge is 2.65. The number of nitrogens with one attached hydrogen (secondary N) is 1. The van der Waals surface area contributed by atoms with E-state index in [1.807, 2.05) is 0 Å². The molecule has 114 valence electrons. The lowest BCUT2D eigenvalue weighted by Crippen LogP contribution is -2.34. The van der Waals surface area contributed by atoms with Crippen LogP contribution in [-0.4, -0.2) is 15.7 Å². The van der Waals surface area contributed by atoms with Gasteiger partial charge in [-0.3, -0.25) is 0 Å². The molecular formula is C12H8F6N2S. The summed E-state index contributed by atoms with van der Waals surface area (Å²) in [6.45, 7) is 0. The van der Waals surface area contributed by atoms with Gasteiger partial charge in [0.05, 0.1) is 16.6 Å². The fraction of sp³-hybridized carbons (Fsp3) is 0.417. The van der Waals surface area contributed by atoms with Gasteiger partial charge < -0.3 is 9.55 Å². The molecule has 0 spiro atoms. The van der Waals surface area contributed by atoms with Gasteiger partial charge in [0, 0.05) is 0 Å². The Balaban J connectivity index is 2.23. The number of nitrogens with zero attached hydrogens (tertiary/aromatic N) is 1. The van der Waals surface area contributed by atoms with Crippen LogP contribution in [0.5, 0.6) is 0 Å². The molecule has 21 heavy (non-hydrogen) atoms. The molecule has 0 aliphatic heterocycles. The van der Waals surface area contributed by atoms with Crippen molar-refractivity contribution in [1.29, 1.82) is 0 Å². The van der Waals surface area contributed by atoms with Crippen molar-refractivity contribution in [2.45, 2.75) is 30.7 Å². The standard InChI is InChI=1S/C12H8F6N2S/c13-11(14,15)6-1-2-8-7(5-6)19-9(21)20(8)10(3-4-10)12(16,17)18/h1-2,5H,3-4H2,(H,19,21). The van der Waals surface area contributed by atoms with E-state index in [4.69, 9.17) is 12.2 Å². The molecule has 0 amide bonds. The Morgan fingerprint density at radius 3 is 2.19 bits per heavy atom. The Kier molecular flexibility index (Phi) is 2.76. The summed E-state index contributed by atoms with van der Waals surface area (Å²) in [4.78, 5) is 2.44. The van der Waals surface area contributed by atoms with Gasteiger partial charge in [0.25, 0.3) is 0 Å². The molecule has 1 aromatic carbocycles. The molecule has 1 aliphatic carbocycles. The van der Waals surface area contributed by atoms with Crippen molar-refractivity contribution in [3.63, 3.8) is 0 Å². The third kappa shape index (κ3) is 2.05. The summed E-state index contributed by atoms with van der Waals surface area (Å²) in [6, 6.07) is 2.55. The maximum absolute atomic E-state index is 13.2. The van der Waals surface area contributed by atoms with E-state index in [1.165, 1.54) is 0 Å². The molecular weight excluding hydrogens is 318 g/mol. The Morgan fingerprint density at radius 1 is 1.10 bits per heavy atom. The Labute approximate surface area is 119 Å². The number of rotatable bonds is 1. The van der Waals surface area contributed by atoms with Gasteiger partial charge in [0.2, 0.25) is 0 Å². The predicted octanol–water partition coefficient (Wildman–Crippen LogP) is 4.77. The van der Waals surface area contributed by atoms with E-state index in [0.29, 0.717) is 0 Å². The van der Waals surface area contributed by atoms with E-state index < -0.39 is 23.5 Å². The summed E-state index contributed by atoms with van der Waals surface area (Å²) in [5, 5.41) is 0. The zero-order chi connectivity index (χ0) is 15.6. The second-order valence-corrected chi connectivity index (χ2v) is 5.41. The van der Waals surface area contributed by atoms with Gasteiger partial charge in [0.15, 0.2) is 4.77 Å². The molecule has 1 fully saturated rings. The van der Waals surface area contributed by atoms with Crippen LogP contribution in [0, 0.1) is 4.77 Å². The number of aromatic amines is 1. The second kappa shape index (κ2) is 4.02. The Bertz CT molecular complexity index is 763. The SMILES string of the molecule is FC(F)(F)c1ccc2c(c1)[nH]c(=S)n2C1(C(F)(F)F)CC1. The summed E-state index contributed by atoms with van der Waals surface area (Å²) in [5.74, 6) is 0. The average molecular weight is 326 g/mol. The lowest BCUT2D eigenvalue weighted by atomic mass is 10.1. The first-order valence-electron chi connectivity index (χ1n) is 5.95. The topological polar surface area (TPSA) is 20.7 Å². The summed E-state index contributed by atoms with van der Waals surface area (Å²) >= 11 is 4.87. The molecule has 9 heteroatoms. The maximum Gasteiger partial charge on any atom is 0.416 e. The van der Waals surface area contributed by atoms with E-state index in [0.717, 1.165) is 22.8 Å². The number of hydrogen-bond donors (Lipinski definition) is 1. The molecule has 1 N–H and O–H groups in total. The number of H-pyrrole nitrogens is 1. The fourth-order valence-corrected chi connectivity index (χ4v) is 2.85. The molecule has 0 unspecified atom stereocenters. The molecule has 0 atom stereocenters. The summed E-state index contributed by atoms with van der Waals surface area (Å²) < 4.78 is 78.1. The second-order valence-electron chi connectivity index (χ2n) is 5.02. The molecule has 1 saturated carbocycles. The van der Waals surface area contributed by atoms with Crippen molar-refractivity contribution in [3.05, 3.63) is 28.5 Å². The lowest BCUT2D eigenvalue weighted by molar-refractivity contribution is -0.179. The van der Waals surface area contributed by atoms with Crippen LogP contribution in [-0.2, 0) is 11.7 Å². The zero-order valence-corrected chi connectivity index (χ0v) is 11.1. The highest BCUT2D eigenvalue weighted by molar-refractivity contribution is 7.71. The molecule has 0 bridgehead atoms. The van der Waals surface area contributed by atoms with Crippen LogP contribution in [0.25, 0.3) is 11.0 Å². The van der Waals surface area contributed by atoms with Gasteiger partial charge >= 0.3 is 12.4 Å². The number of halogens is 6. The molecule has 1 heterocycles. The van der Waals surface area contributed by atoms with Crippen molar-refractivity contribution in [2.75, 3.05) is 0 Å². The van der Waals surface area contributed by atoms with Crippen LogP contribution >= 0.6 is 12.2 Å². The molecule has 3 rings (SSSR count). The van der Waals surface area contributed by atoms with Crippen LogP contribution in [0.15, 0.2) is 18.2 Å². The summed E-state index contributed by atoms with van der Waals surface area (Å²) in [5.41, 5.74) is -3.05. The number of aromatic nitrogens is 2. The number of imidazole rings is 1. The first-order chi connectivity index (χ1) is 9.56. The fourth-order valence-electron chi connectivity index (χ4n) is 2.47. The molecule has 1 aromatic heterocycles. The predicted molar refractivity (Wildman–Crippen MR) is 65.4 cm³/mol. The normalized spacial score (nSPS) is 18.2. The first kappa shape index (κ1) is 14.4. The summed E-state index contributed by atoms with van der Waals surface area (Å²) in [7, 11) is 0. The molecule has 2 nitrogen and oxygen atoms in total. The molecule has 1 aliphatic rings. The van der Waals surface area contributed by atoms with Gasteiger partial charge in [-0.2, -0.15) is 26.3 Å². The third-order valence-electron chi connectivity index (χ3n) is 3.69. The maximum atomic E-state index is 13.2. The minimum absolute atomic E-state index is 0.0304. The quantitative estimate of drug-likeness (QED) is 0.591. The number of fused-ring (bicyclic) bond motifs is 1. The van der Waals surface area contributed by atoms with Crippen molar-refractivity contribution < 1.29 is 26.3 Å². The number of benzene rings is 1. The van der Waals surface area contributed by atoms with Crippen LogP contribution in [0.4, 0.5) is 26.3 Å². The van der Waals surface area contributed by atoms with Crippen LogP contribution in [0.1, 0.15) is 18.4 Å². The lowest BCUT2D eigenvalue weighted by Gasteiger charge is -2.21. The van der Waals surface area contributed by atoms with Gasteiger partial charge in [-0.25, -0.2) is 0 Å². The van der Waals surface area contributed by atoms with Crippen molar-refractivity contribution in [2.24, 2.45) is 0 Å². The average Bonchev–Trinajstić information content (AvgIpc) is 3.05. The smallest absolute Gasteiger partial charge is 0.331 e. The largest absolute Gasteiger partial charge is 0.416 e. The monoisotopic (exact) mass is 326 g/mol. The van der Waals surface area contributed by atoms with Gasteiger partial charge in [-0.15, -0.1) is 0 Å².